The van der Waals surface area contributed by atoms with Crippen LogP contribution in [0.5, 0.6) is 5.88 Å². The van der Waals surface area contributed by atoms with Crippen LogP contribution in [0.25, 0.3) is 22.2 Å². The third kappa shape index (κ3) is 1.65. The highest BCUT2D eigenvalue weighted by atomic mass is 16.5. The van der Waals surface area contributed by atoms with Crippen LogP contribution < -0.4 is 4.74 Å². The van der Waals surface area contributed by atoms with Gasteiger partial charge in [0.25, 0.3) is 0 Å². The number of H-pyrrole nitrogens is 1. The number of aromatic nitrogens is 2. The summed E-state index contributed by atoms with van der Waals surface area (Å²) in [6.07, 6.45) is 1.94. The van der Waals surface area contributed by atoms with Crippen molar-refractivity contribution in [2.24, 2.45) is 0 Å². The average Bonchev–Trinajstić information content (AvgIpc) is 2.87. The SMILES string of the molecule is COc1cccc(-c2cccc3[nH]ccc23)n1. The Hall–Kier alpha value is -2.29. The van der Waals surface area contributed by atoms with Gasteiger partial charge in [-0.2, -0.15) is 0 Å². The van der Waals surface area contributed by atoms with Crippen molar-refractivity contribution in [2.45, 2.75) is 0 Å². The van der Waals surface area contributed by atoms with Crippen LogP contribution >= 0.6 is 0 Å². The molecule has 3 rings (SSSR count). The highest BCUT2D eigenvalue weighted by Gasteiger charge is 2.06. The van der Waals surface area contributed by atoms with Crippen LogP contribution in [0.3, 0.4) is 0 Å². The Kier molecular flexibility index (Phi) is 2.29. The van der Waals surface area contributed by atoms with Crippen LogP contribution in [-0.2, 0) is 0 Å². The van der Waals surface area contributed by atoms with Gasteiger partial charge < -0.3 is 9.72 Å². The zero-order valence-corrected chi connectivity index (χ0v) is 9.47. The van der Waals surface area contributed by atoms with Gasteiger partial charge in [0.2, 0.25) is 5.88 Å². The van der Waals surface area contributed by atoms with Gasteiger partial charge in [-0.3, -0.25) is 0 Å². The topological polar surface area (TPSA) is 37.9 Å². The molecule has 1 aromatic carbocycles. The van der Waals surface area contributed by atoms with Crippen molar-refractivity contribution in [1.29, 1.82) is 0 Å². The van der Waals surface area contributed by atoms with Gasteiger partial charge in [0.05, 0.1) is 12.8 Å². The quantitative estimate of drug-likeness (QED) is 0.725. The van der Waals surface area contributed by atoms with E-state index in [9.17, 15) is 0 Å². The first-order valence-corrected chi connectivity index (χ1v) is 5.46. The van der Waals surface area contributed by atoms with E-state index in [1.54, 1.807) is 7.11 Å². The number of hydrogen-bond donors (Lipinski definition) is 1. The van der Waals surface area contributed by atoms with Gasteiger partial charge >= 0.3 is 0 Å². The molecule has 0 saturated carbocycles. The lowest BCUT2D eigenvalue weighted by Crippen LogP contribution is -1.89. The Morgan fingerprint density at radius 3 is 2.82 bits per heavy atom. The fraction of sp³-hybridized carbons (Fsp3) is 0.0714. The van der Waals surface area contributed by atoms with Crippen LogP contribution in [0.4, 0.5) is 0 Å². The second-order valence-corrected chi connectivity index (χ2v) is 3.81. The van der Waals surface area contributed by atoms with E-state index in [0.717, 1.165) is 16.8 Å². The standard InChI is InChI=1S/C14H12N2O/c1-17-14-7-3-6-13(16-14)10-4-2-5-12-11(10)8-9-15-12/h2-9,15H,1H3. The smallest absolute Gasteiger partial charge is 0.213 e. The summed E-state index contributed by atoms with van der Waals surface area (Å²) in [5.74, 6) is 0.634. The molecule has 0 atom stereocenters. The molecular formula is C14H12N2O. The zero-order valence-electron chi connectivity index (χ0n) is 9.47. The first kappa shape index (κ1) is 9.90. The molecule has 2 aromatic heterocycles. The minimum Gasteiger partial charge on any atom is -0.481 e. The number of nitrogens with zero attached hydrogens (tertiary/aromatic N) is 1. The second kappa shape index (κ2) is 3.94. The zero-order chi connectivity index (χ0) is 11.7. The van der Waals surface area contributed by atoms with Gasteiger partial charge in [0.15, 0.2) is 0 Å². The number of methoxy groups -OCH3 is 1. The van der Waals surface area contributed by atoms with Gasteiger partial charge in [-0.05, 0) is 18.2 Å². The van der Waals surface area contributed by atoms with Crippen LogP contribution in [0.15, 0.2) is 48.7 Å². The van der Waals surface area contributed by atoms with E-state index < -0.39 is 0 Å². The highest BCUT2D eigenvalue weighted by molar-refractivity contribution is 5.94. The lowest BCUT2D eigenvalue weighted by molar-refractivity contribution is 0.398. The molecule has 0 aliphatic rings. The molecule has 0 fully saturated rings. The van der Waals surface area contributed by atoms with E-state index in [2.05, 4.69) is 28.2 Å². The largest absolute Gasteiger partial charge is 0.481 e. The molecule has 1 N–H and O–H groups in total. The summed E-state index contributed by atoms with van der Waals surface area (Å²) in [6.45, 7) is 0. The molecule has 0 aliphatic carbocycles. The molecule has 3 aromatic rings. The average molecular weight is 224 g/mol. The van der Waals surface area contributed by atoms with Crippen molar-refractivity contribution in [3.05, 3.63) is 48.7 Å². The fourth-order valence-electron chi connectivity index (χ4n) is 1.99. The van der Waals surface area contributed by atoms with Crippen molar-refractivity contribution in [3.8, 4) is 17.1 Å². The number of hydrogen-bond acceptors (Lipinski definition) is 2. The molecule has 0 unspecified atom stereocenters. The summed E-state index contributed by atoms with van der Waals surface area (Å²) in [7, 11) is 1.63. The normalized spacial score (nSPS) is 10.6. The van der Waals surface area contributed by atoms with Crippen molar-refractivity contribution in [2.75, 3.05) is 7.11 Å². The Labute approximate surface area is 99.1 Å². The Morgan fingerprint density at radius 1 is 1.06 bits per heavy atom. The number of fused-ring (bicyclic) bond motifs is 1. The number of ether oxygens (including phenoxy) is 1. The van der Waals surface area contributed by atoms with Crippen molar-refractivity contribution in [1.82, 2.24) is 9.97 Å². The predicted molar refractivity (Wildman–Crippen MR) is 68.1 cm³/mol. The van der Waals surface area contributed by atoms with Crippen molar-refractivity contribution >= 4 is 10.9 Å². The molecule has 0 spiro atoms. The van der Waals surface area contributed by atoms with E-state index >= 15 is 0 Å². The molecule has 84 valence electrons. The third-order valence-electron chi connectivity index (χ3n) is 2.80. The molecule has 3 nitrogen and oxygen atoms in total. The summed E-state index contributed by atoms with van der Waals surface area (Å²) in [5, 5.41) is 1.17. The van der Waals surface area contributed by atoms with Crippen LogP contribution in [0, 0.1) is 0 Å². The first-order valence-electron chi connectivity index (χ1n) is 5.46. The van der Waals surface area contributed by atoms with Gasteiger partial charge in [-0.1, -0.05) is 18.2 Å². The monoisotopic (exact) mass is 224 g/mol. The maximum Gasteiger partial charge on any atom is 0.213 e. The lowest BCUT2D eigenvalue weighted by atomic mass is 10.1. The molecule has 0 radical (unpaired) electrons. The maximum atomic E-state index is 5.15. The summed E-state index contributed by atoms with van der Waals surface area (Å²) in [6, 6.07) is 14.0. The van der Waals surface area contributed by atoms with Gasteiger partial charge in [0, 0.05) is 28.7 Å². The van der Waals surface area contributed by atoms with E-state index in [-0.39, 0.29) is 0 Å². The highest BCUT2D eigenvalue weighted by Crippen LogP contribution is 2.27. The summed E-state index contributed by atoms with van der Waals surface area (Å²) >= 11 is 0. The molecule has 0 saturated heterocycles. The number of aromatic amines is 1. The third-order valence-corrected chi connectivity index (χ3v) is 2.80. The predicted octanol–water partition coefficient (Wildman–Crippen LogP) is 3.24. The molecular weight excluding hydrogens is 212 g/mol. The Morgan fingerprint density at radius 2 is 1.94 bits per heavy atom. The molecule has 17 heavy (non-hydrogen) atoms. The van der Waals surface area contributed by atoms with Gasteiger partial charge in [0.1, 0.15) is 0 Å². The van der Waals surface area contributed by atoms with Crippen molar-refractivity contribution in [3.63, 3.8) is 0 Å². The Bertz CT molecular complexity index is 658. The molecule has 3 heteroatoms. The fourth-order valence-corrected chi connectivity index (χ4v) is 1.99. The number of nitrogens with one attached hydrogen (secondary N) is 1. The van der Waals surface area contributed by atoms with Gasteiger partial charge in [-0.25, -0.2) is 4.98 Å². The summed E-state index contributed by atoms with van der Waals surface area (Å²) in [4.78, 5) is 7.65. The number of rotatable bonds is 2. The van der Waals surface area contributed by atoms with E-state index in [4.69, 9.17) is 4.74 Å². The van der Waals surface area contributed by atoms with E-state index in [1.807, 2.05) is 30.5 Å². The molecule has 0 aliphatic heterocycles. The van der Waals surface area contributed by atoms with Crippen LogP contribution in [-0.4, -0.2) is 17.1 Å². The van der Waals surface area contributed by atoms with Crippen molar-refractivity contribution < 1.29 is 4.74 Å². The Balaban J connectivity index is 2.23. The lowest BCUT2D eigenvalue weighted by Gasteiger charge is -2.04. The number of benzene rings is 1. The van der Waals surface area contributed by atoms with E-state index in [0.29, 0.717) is 5.88 Å². The van der Waals surface area contributed by atoms with Crippen LogP contribution in [0.1, 0.15) is 0 Å². The molecule has 2 heterocycles. The molecule has 0 bridgehead atoms. The summed E-state index contributed by atoms with van der Waals surface area (Å²) < 4.78 is 5.15. The minimum absolute atomic E-state index is 0.634. The van der Waals surface area contributed by atoms with E-state index in [1.165, 1.54) is 5.39 Å². The maximum absolute atomic E-state index is 5.15. The number of pyridine rings is 1. The van der Waals surface area contributed by atoms with Gasteiger partial charge in [-0.15, -0.1) is 0 Å². The van der Waals surface area contributed by atoms with Crippen LogP contribution in [0.2, 0.25) is 0 Å². The first-order chi connectivity index (χ1) is 8.38. The second-order valence-electron chi connectivity index (χ2n) is 3.81. The summed E-state index contributed by atoms with van der Waals surface area (Å²) in [5.41, 5.74) is 3.16. The minimum atomic E-state index is 0.634. The molecule has 0 amide bonds.